The van der Waals surface area contributed by atoms with Crippen LogP contribution in [-0.2, 0) is 28.4 Å². The number of nitrogens with zero attached hydrogens (tertiary/aromatic N) is 8. The van der Waals surface area contributed by atoms with E-state index in [1.54, 1.807) is 42.7 Å². The summed E-state index contributed by atoms with van der Waals surface area (Å²) in [6.07, 6.45) is 18.0. The molecular formula is C47H56F2N10O4S. The molecule has 2 aliphatic carbocycles. The van der Waals surface area contributed by atoms with Crippen LogP contribution in [0.5, 0.6) is 0 Å². The minimum atomic E-state index is -1.31. The summed E-state index contributed by atoms with van der Waals surface area (Å²) in [5.41, 5.74) is 11.4. The Morgan fingerprint density at radius 1 is 0.688 bits per heavy atom. The average molecular weight is 895 g/mol. The number of aryl methyl sites for hydroxylation is 2. The SMILES string of the molecule is C1CCOC1.CS(=O)c1nccc(-c2c(-c3ccc(F)cc3)nc3n2[C@H](CO)CC3)n1.NC1CCC1.OC[C@@H]1CCc2nc(-c3ccc(F)cc3)c(-c3ccnc(NC4CCC4)n3)n21. The molecule has 14 nitrogen and oxygen atoms in total. The summed E-state index contributed by atoms with van der Waals surface area (Å²) in [7, 11) is -1.31. The van der Waals surface area contributed by atoms with Crippen molar-refractivity contribution < 1.29 is 27.9 Å². The highest BCUT2D eigenvalue weighted by Crippen LogP contribution is 2.41. The minimum absolute atomic E-state index is 0.00311. The van der Waals surface area contributed by atoms with Crippen molar-refractivity contribution in [1.82, 2.24) is 39.0 Å². The Labute approximate surface area is 374 Å². The van der Waals surface area contributed by atoms with Gasteiger partial charge in [-0.05, 0) is 118 Å². The van der Waals surface area contributed by atoms with Crippen molar-refractivity contribution in [3.05, 3.63) is 96.3 Å². The lowest BCUT2D eigenvalue weighted by Gasteiger charge is -2.26. The van der Waals surface area contributed by atoms with Crippen LogP contribution >= 0.6 is 0 Å². The molecule has 3 aliphatic heterocycles. The lowest BCUT2D eigenvalue weighted by Crippen LogP contribution is -2.28. The highest BCUT2D eigenvalue weighted by molar-refractivity contribution is 7.84. The third kappa shape index (κ3) is 10.4. The van der Waals surface area contributed by atoms with Crippen molar-refractivity contribution in [3.63, 3.8) is 0 Å². The molecule has 0 bridgehead atoms. The second-order valence-corrected chi connectivity index (χ2v) is 18.0. The Morgan fingerprint density at radius 2 is 1.17 bits per heavy atom. The smallest absolute Gasteiger partial charge is 0.223 e. The van der Waals surface area contributed by atoms with Gasteiger partial charge < -0.3 is 35.1 Å². The van der Waals surface area contributed by atoms with Gasteiger partial charge in [0, 0.05) is 67.9 Å². The predicted molar refractivity (Wildman–Crippen MR) is 242 cm³/mol. The zero-order valence-electron chi connectivity index (χ0n) is 36.1. The van der Waals surface area contributed by atoms with Gasteiger partial charge in [-0.2, -0.15) is 0 Å². The molecule has 1 saturated heterocycles. The van der Waals surface area contributed by atoms with Gasteiger partial charge in [0.05, 0.1) is 70.3 Å². The molecule has 0 spiro atoms. The van der Waals surface area contributed by atoms with E-state index in [0.717, 1.165) is 97.3 Å². The molecule has 0 radical (unpaired) electrons. The van der Waals surface area contributed by atoms with E-state index in [1.807, 2.05) is 10.6 Å². The van der Waals surface area contributed by atoms with Gasteiger partial charge in [0.2, 0.25) is 11.1 Å². The first-order valence-corrected chi connectivity index (χ1v) is 23.8. The number of fused-ring (bicyclic) bond motifs is 2. The molecule has 7 heterocycles. The zero-order valence-corrected chi connectivity index (χ0v) is 36.9. The summed E-state index contributed by atoms with van der Waals surface area (Å²) in [6.45, 7) is 2.05. The molecule has 17 heteroatoms. The Balaban J connectivity index is 0.000000144. The van der Waals surface area contributed by atoms with Crippen LogP contribution in [0.15, 0.2) is 78.2 Å². The third-order valence-corrected chi connectivity index (χ3v) is 12.9. The molecule has 3 atom stereocenters. The number of hydrogen-bond acceptors (Lipinski definition) is 12. The van der Waals surface area contributed by atoms with Gasteiger partial charge >= 0.3 is 0 Å². The summed E-state index contributed by atoms with van der Waals surface area (Å²) in [4.78, 5) is 27.2. The van der Waals surface area contributed by atoms with E-state index < -0.39 is 10.8 Å². The third-order valence-electron chi connectivity index (χ3n) is 12.2. The van der Waals surface area contributed by atoms with E-state index in [4.69, 9.17) is 25.4 Å². The van der Waals surface area contributed by atoms with Crippen molar-refractivity contribution in [3.8, 4) is 45.3 Å². The number of aliphatic hydroxyl groups excluding tert-OH is 2. The number of aromatic nitrogens is 8. The Hall–Kier alpha value is -5.33. The molecular weight excluding hydrogens is 839 g/mol. The number of rotatable bonds is 9. The van der Waals surface area contributed by atoms with Crippen LogP contribution in [0.3, 0.4) is 0 Å². The van der Waals surface area contributed by atoms with Crippen molar-refractivity contribution in [2.75, 3.05) is 38.0 Å². The number of nitrogens with one attached hydrogen (secondary N) is 1. The maximum absolute atomic E-state index is 13.4. The molecule has 338 valence electrons. The fourth-order valence-corrected chi connectivity index (χ4v) is 8.69. The lowest BCUT2D eigenvalue weighted by molar-refractivity contribution is 0.198. The number of imidazole rings is 2. The maximum Gasteiger partial charge on any atom is 0.223 e. The van der Waals surface area contributed by atoms with E-state index in [-0.39, 0.29) is 42.1 Å². The molecule has 4 aromatic heterocycles. The van der Waals surface area contributed by atoms with E-state index in [2.05, 4.69) is 24.8 Å². The predicted octanol–water partition coefficient (Wildman–Crippen LogP) is 7.25. The van der Waals surface area contributed by atoms with Crippen LogP contribution in [0.2, 0.25) is 0 Å². The fraction of sp³-hybridized carbons (Fsp3) is 0.447. The van der Waals surface area contributed by atoms with Crippen LogP contribution in [0.1, 0.15) is 87.9 Å². The van der Waals surface area contributed by atoms with E-state index in [1.165, 1.54) is 69.0 Å². The van der Waals surface area contributed by atoms with E-state index in [9.17, 15) is 23.2 Å². The number of aliphatic hydroxyl groups is 2. The molecule has 6 aromatic rings. The molecule has 64 heavy (non-hydrogen) atoms. The summed E-state index contributed by atoms with van der Waals surface area (Å²) >= 11 is 0. The Kier molecular flexibility index (Phi) is 14.9. The second kappa shape index (κ2) is 21.1. The summed E-state index contributed by atoms with van der Waals surface area (Å²) in [5.74, 6) is 1.80. The lowest BCUT2D eigenvalue weighted by atomic mass is 9.93. The van der Waals surface area contributed by atoms with Crippen molar-refractivity contribution >= 4 is 16.7 Å². The number of nitrogens with two attached hydrogens (primary N) is 1. The largest absolute Gasteiger partial charge is 0.394 e. The van der Waals surface area contributed by atoms with Gasteiger partial charge in [-0.15, -0.1) is 0 Å². The molecule has 3 fully saturated rings. The van der Waals surface area contributed by atoms with Crippen LogP contribution < -0.4 is 11.1 Å². The standard InChI is InChI=1S/C21H22FN5O.C18H17FN4O2S.C4H9N.C4H8O/c22-14-6-4-13(5-7-14)19-20(27-16(12-28)8-9-18(27)26-19)17-10-11-23-21(25-17)24-15-2-1-3-15;1-26(25)18-20-9-8-14(21-18)17-16(11-2-4-12(19)5-3-11)22-15-7-6-13(10-24)23(15)17;5-4-2-1-3-4;1-2-4-5-3-1/h4-7,10-11,15-16,28H,1-3,8-9,12H2,(H,23,24,25);2-5,8-9,13,24H,6-7,10H2,1H3;4H,1-3,5H2;1-4H2/t16-;13-,26?;;/m00../s1. The highest BCUT2D eigenvalue weighted by atomic mass is 32.2. The number of anilines is 1. The van der Waals surface area contributed by atoms with Gasteiger partial charge in [0.25, 0.3) is 0 Å². The quantitative estimate of drug-likeness (QED) is 0.107. The summed E-state index contributed by atoms with van der Waals surface area (Å²) in [5, 5.41) is 23.3. The van der Waals surface area contributed by atoms with Gasteiger partial charge in [-0.1, -0.05) is 6.42 Å². The highest BCUT2D eigenvalue weighted by Gasteiger charge is 2.32. The maximum atomic E-state index is 13.4. The van der Waals surface area contributed by atoms with Gasteiger partial charge in [0.15, 0.2) is 0 Å². The molecule has 11 rings (SSSR count). The minimum Gasteiger partial charge on any atom is -0.394 e. The van der Waals surface area contributed by atoms with Crippen LogP contribution in [0, 0.1) is 11.6 Å². The van der Waals surface area contributed by atoms with Crippen LogP contribution in [-0.4, -0.2) is 98.2 Å². The molecule has 5 N–H and O–H groups in total. The molecule has 2 aromatic carbocycles. The molecule has 1 unspecified atom stereocenters. The Morgan fingerprint density at radius 3 is 1.58 bits per heavy atom. The first kappa shape index (κ1) is 45.2. The van der Waals surface area contributed by atoms with Crippen LogP contribution in [0.25, 0.3) is 45.3 Å². The first-order chi connectivity index (χ1) is 31.2. The average Bonchev–Trinajstić information content (AvgIpc) is 4.15. The van der Waals surface area contributed by atoms with Crippen molar-refractivity contribution in [2.24, 2.45) is 5.73 Å². The van der Waals surface area contributed by atoms with Crippen molar-refractivity contribution in [1.29, 1.82) is 0 Å². The first-order valence-electron chi connectivity index (χ1n) is 22.3. The van der Waals surface area contributed by atoms with Gasteiger partial charge in [0.1, 0.15) is 23.3 Å². The number of halogens is 2. The van der Waals surface area contributed by atoms with Gasteiger partial charge in [-0.3, -0.25) is 4.21 Å². The topological polar surface area (TPSA) is 192 Å². The molecule has 2 saturated carbocycles. The number of benzene rings is 2. The fourth-order valence-electron chi connectivity index (χ4n) is 8.26. The second-order valence-electron chi connectivity index (χ2n) is 16.7. The van der Waals surface area contributed by atoms with Crippen molar-refractivity contribution in [2.45, 2.75) is 106 Å². The monoisotopic (exact) mass is 894 g/mol. The molecule has 0 amide bonds. The van der Waals surface area contributed by atoms with Gasteiger partial charge in [-0.25, -0.2) is 38.7 Å². The number of hydrogen-bond donors (Lipinski definition) is 4. The summed E-state index contributed by atoms with van der Waals surface area (Å²) in [6, 6.07) is 17.0. The molecule has 5 aliphatic rings. The summed E-state index contributed by atoms with van der Waals surface area (Å²) < 4.78 is 47.6. The van der Waals surface area contributed by atoms with E-state index >= 15 is 0 Å². The number of ether oxygens (including phenoxy) is 1. The zero-order chi connectivity index (χ0) is 44.6. The normalized spacial score (nSPS) is 19.1. The van der Waals surface area contributed by atoms with Crippen LogP contribution in [0.4, 0.5) is 14.7 Å². The van der Waals surface area contributed by atoms with E-state index in [0.29, 0.717) is 29.4 Å². The Bertz CT molecular complexity index is 2500.